The molecule has 25 heavy (non-hydrogen) atoms. The van der Waals surface area contributed by atoms with Crippen LogP contribution in [-0.4, -0.2) is 34.9 Å². The number of thiazole rings is 1. The van der Waals surface area contributed by atoms with Crippen LogP contribution in [0.2, 0.25) is 0 Å². The van der Waals surface area contributed by atoms with Gasteiger partial charge in [0.15, 0.2) is 4.80 Å². The second-order valence-corrected chi connectivity index (χ2v) is 6.32. The molecule has 2 rings (SSSR count). The molecule has 0 aliphatic rings. The van der Waals surface area contributed by atoms with E-state index in [1.54, 1.807) is 15.7 Å². The highest BCUT2D eigenvalue weighted by Crippen LogP contribution is 2.23. The van der Waals surface area contributed by atoms with Crippen LogP contribution in [0.3, 0.4) is 0 Å². The lowest BCUT2D eigenvalue weighted by Gasteiger charge is -2.14. The average Bonchev–Trinajstić information content (AvgIpc) is 2.88. The molecule has 1 aromatic carbocycles. The number of nitrogens with zero attached hydrogens (tertiary/aromatic N) is 3. The van der Waals surface area contributed by atoms with Crippen LogP contribution in [0.5, 0.6) is 5.75 Å². The SMILES string of the molecule is CCN(CC)C(=O)N=c1sc(C)cn1-c1ccc(OC(F)(F)F)cc1. The van der Waals surface area contributed by atoms with Crippen LogP contribution in [0, 0.1) is 6.92 Å². The fourth-order valence-corrected chi connectivity index (χ4v) is 3.00. The zero-order valence-electron chi connectivity index (χ0n) is 14.0. The van der Waals surface area contributed by atoms with Gasteiger partial charge < -0.3 is 9.64 Å². The highest BCUT2D eigenvalue weighted by atomic mass is 32.1. The van der Waals surface area contributed by atoms with Crippen molar-refractivity contribution in [3.8, 4) is 11.4 Å². The van der Waals surface area contributed by atoms with Gasteiger partial charge >= 0.3 is 12.4 Å². The maximum absolute atomic E-state index is 12.2. The number of carbonyl (C=O) groups is 1. The van der Waals surface area contributed by atoms with Gasteiger partial charge in [0.1, 0.15) is 5.75 Å². The van der Waals surface area contributed by atoms with Crippen LogP contribution in [0.15, 0.2) is 35.5 Å². The lowest BCUT2D eigenvalue weighted by Crippen LogP contribution is -2.30. The van der Waals surface area contributed by atoms with Crippen LogP contribution in [0.4, 0.5) is 18.0 Å². The van der Waals surface area contributed by atoms with Gasteiger partial charge in [0.2, 0.25) is 0 Å². The molecule has 2 aromatic rings. The van der Waals surface area contributed by atoms with Gasteiger partial charge in [0, 0.05) is 29.9 Å². The van der Waals surface area contributed by atoms with E-state index >= 15 is 0 Å². The first-order valence-electron chi connectivity index (χ1n) is 7.62. The van der Waals surface area contributed by atoms with Crippen LogP contribution in [0.25, 0.3) is 5.69 Å². The summed E-state index contributed by atoms with van der Waals surface area (Å²) in [6.07, 6.45) is -2.96. The molecule has 1 aromatic heterocycles. The monoisotopic (exact) mass is 373 g/mol. The van der Waals surface area contributed by atoms with E-state index in [0.717, 1.165) is 4.88 Å². The molecule has 0 saturated heterocycles. The molecule has 2 amide bonds. The first kappa shape index (κ1) is 19.0. The molecule has 0 unspecified atom stereocenters. The van der Waals surface area contributed by atoms with E-state index in [4.69, 9.17) is 0 Å². The summed E-state index contributed by atoms with van der Waals surface area (Å²) in [4.78, 5) is 19.3. The minimum absolute atomic E-state index is 0.304. The van der Waals surface area contributed by atoms with Crippen molar-refractivity contribution in [2.75, 3.05) is 13.1 Å². The number of ether oxygens (including phenoxy) is 1. The maximum atomic E-state index is 12.2. The molecule has 9 heteroatoms. The Morgan fingerprint density at radius 2 is 1.84 bits per heavy atom. The zero-order valence-corrected chi connectivity index (χ0v) is 14.8. The quantitative estimate of drug-likeness (QED) is 0.810. The molecule has 0 fully saturated rings. The number of halogens is 3. The Morgan fingerprint density at radius 3 is 2.36 bits per heavy atom. The van der Waals surface area contributed by atoms with Crippen molar-refractivity contribution in [1.82, 2.24) is 9.47 Å². The Balaban J connectivity index is 2.36. The summed E-state index contributed by atoms with van der Waals surface area (Å²) in [6, 6.07) is 5.05. The molecule has 0 bridgehead atoms. The highest BCUT2D eigenvalue weighted by Gasteiger charge is 2.31. The van der Waals surface area contributed by atoms with Crippen LogP contribution in [0.1, 0.15) is 18.7 Å². The van der Waals surface area contributed by atoms with Crippen molar-refractivity contribution in [3.05, 3.63) is 40.1 Å². The van der Waals surface area contributed by atoms with E-state index in [1.165, 1.54) is 35.6 Å². The highest BCUT2D eigenvalue weighted by molar-refractivity contribution is 7.09. The van der Waals surface area contributed by atoms with Crippen molar-refractivity contribution in [2.45, 2.75) is 27.1 Å². The van der Waals surface area contributed by atoms with Gasteiger partial charge in [0.25, 0.3) is 0 Å². The molecule has 0 aliphatic heterocycles. The molecule has 0 spiro atoms. The van der Waals surface area contributed by atoms with Gasteiger partial charge in [0.05, 0.1) is 0 Å². The molecule has 136 valence electrons. The van der Waals surface area contributed by atoms with Crippen LogP contribution >= 0.6 is 11.3 Å². The second-order valence-electron chi connectivity index (χ2n) is 5.10. The van der Waals surface area contributed by atoms with Crippen molar-refractivity contribution in [1.29, 1.82) is 0 Å². The minimum Gasteiger partial charge on any atom is -0.406 e. The van der Waals surface area contributed by atoms with Gasteiger partial charge in [-0.25, -0.2) is 4.79 Å². The summed E-state index contributed by atoms with van der Waals surface area (Å²) in [5.41, 5.74) is 0.588. The fraction of sp³-hybridized carbons (Fsp3) is 0.375. The smallest absolute Gasteiger partial charge is 0.406 e. The van der Waals surface area contributed by atoms with E-state index in [1.807, 2.05) is 20.8 Å². The average molecular weight is 373 g/mol. The molecule has 0 saturated carbocycles. The molecule has 1 heterocycles. The first-order valence-corrected chi connectivity index (χ1v) is 8.44. The lowest BCUT2D eigenvalue weighted by molar-refractivity contribution is -0.274. The lowest BCUT2D eigenvalue weighted by atomic mass is 10.3. The Hall–Kier alpha value is -2.29. The van der Waals surface area contributed by atoms with Crippen molar-refractivity contribution >= 4 is 17.4 Å². The molecule has 0 radical (unpaired) electrons. The Bertz CT molecular complexity index is 790. The number of carbonyl (C=O) groups excluding carboxylic acids is 1. The number of benzene rings is 1. The fourth-order valence-electron chi connectivity index (χ4n) is 2.17. The third kappa shape index (κ3) is 5.09. The second kappa shape index (κ2) is 7.73. The van der Waals surface area contributed by atoms with Crippen molar-refractivity contribution in [3.63, 3.8) is 0 Å². The number of hydrogen-bond acceptors (Lipinski definition) is 3. The number of aromatic nitrogens is 1. The Morgan fingerprint density at radius 1 is 1.24 bits per heavy atom. The van der Waals surface area contributed by atoms with Gasteiger partial charge in [-0.3, -0.25) is 4.57 Å². The van der Waals surface area contributed by atoms with Crippen molar-refractivity contribution in [2.24, 2.45) is 4.99 Å². The number of alkyl halides is 3. The van der Waals surface area contributed by atoms with Crippen LogP contribution < -0.4 is 9.54 Å². The van der Waals surface area contributed by atoms with Crippen LogP contribution in [-0.2, 0) is 0 Å². The zero-order chi connectivity index (χ0) is 18.6. The standard InChI is InChI=1S/C16H18F3N3O2S/c1-4-21(5-2)14(23)20-15-22(10-11(3)25-15)12-6-8-13(9-7-12)24-16(17,18)19/h6-10H,4-5H2,1-3H3. The molecule has 5 nitrogen and oxygen atoms in total. The summed E-state index contributed by atoms with van der Waals surface area (Å²) in [7, 11) is 0. The number of rotatable bonds is 4. The third-order valence-electron chi connectivity index (χ3n) is 3.34. The summed E-state index contributed by atoms with van der Waals surface area (Å²) < 4.78 is 42.2. The molecular formula is C16H18F3N3O2S. The first-order chi connectivity index (χ1) is 11.7. The number of hydrogen-bond donors (Lipinski definition) is 0. The summed E-state index contributed by atoms with van der Waals surface area (Å²) in [5, 5.41) is 0. The van der Waals surface area contributed by atoms with E-state index in [-0.39, 0.29) is 11.8 Å². The summed E-state index contributed by atoms with van der Waals surface area (Å²) in [6.45, 7) is 6.69. The number of aryl methyl sites for hydroxylation is 1. The van der Waals surface area contributed by atoms with E-state index in [0.29, 0.717) is 23.6 Å². The maximum Gasteiger partial charge on any atom is 0.573 e. The van der Waals surface area contributed by atoms with Crippen molar-refractivity contribution < 1.29 is 22.7 Å². The molecule has 0 aliphatic carbocycles. The Kier molecular flexibility index (Phi) is 5.89. The van der Waals surface area contributed by atoms with E-state index in [2.05, 4.69) is 9.73 Å². The molecular weight excluding hydrogens is 355 g/mol. The van der Waals surface area contributed by atoms with Gasteiger partial charge in [-0.05, 0) is 45.0 Å². The third-order valence-corrected chi connectivity index (χ3v) is 4.24. The van der Waals surface area contributed by atoms with Gasteiger partial charge in [-0.1, -0.05) is 0 Å². The van der Waals surface area contributed by atoms with Gasteiger partial charge in [-0.2, -0.15) is 4.99 Å². The normalized spacial score (nSPS) is 12.3. The number of amides is 2. The summed E-state index contributed by atoms with van der Waals surface area (Å²) in [5.74, 6) is -0.304. The Labute approximate surface area is 147 Å². The van der Waals surface area contributed by atoms with E-state index in [9.17, 15) is 18.0 Å². The number of urea groups is 1. The van der Waals surface area contributed by atoms with Gasteiger partial charge in [-0.15, -0.1) is 24.5 Å². The van der Waals surface area contributed by atoms with E-state index < -0.39 is 6.36 Å². The largest absolute Gasteiger partial charge is 0.573 e. The predicted molar refractivity (Wildman–Crippen MR) is 88.9 cm³/mol. The molecule has 0 atom stereocenters. The topological polar surface area (TPSA) is 46.8 Å². The summed E-state index contributed by atoms with van der Waals surface area (Å²) >= 11 is 1.33. The molecule has 0 N–H and O–H groups in total. The predicted octanol–water partition coefficient (Wildman–Crippen LogP) is 4.11. The minimum atomic E-state index is -4.73.